The predicted octanol–water partition coefficient (Wildman–Crippen LogP) is 0.437. The van der Waals surface area contributed by atoms with Crippen LogP contribution in [-0.2, 0) is 16.1 Å². The average molecular weight is 295 g/mol. The monoisotopic (exact) mass is 295 g/mol. The Balaban J connectivity index is 2.02. The van der Waals surface area contributed by atoms with Crippen LogP contribution in [0.2, 0.25) is 0 Å². The minimum atomic E-state index is -1.10. The van der Waals surface area contributed by atoms with Crippen LogP contribution in [0.4, 0.5) is 0 Å². The number of thiophene rings is 1. The zero-order valence-electron chi connectivity index (χ0n) is 10.7. The van der Waals surface area contributed by atoms with Crippen molar-refractivity contribution in [1.29, 1.82) is 0 Å². The summed E-state index contributed by atoms with van der Waals surface area (Å²) in [6.45, 7) is 1.54. The van der Waals surface area contributed by atoms with E-state index in [1.54, 1.807) is 11.4 Å². The van der Waals surface area contributed by atoms with Crippen LogP contribution in [0.1, 0.15) is 13.3 Å². The van der Waals surface area contributed by atoms with Crippen LogP contribution >= 0.6 is 11.3 Å². The van der Waals surface area contributed by atoms with Crippen LogP contribution in [0.5, 0.6) is 0 Å². The van der Waals surface area contributed by atoms with Crippen molar-refractivity contribution >= 4 is 33.4 Å². The van der Waals surface area contributed by atoms with Gasteiger partial charge in [0.25, 0.3) is 5.56 Å². The standard InChI is InChI=1S/C12H13N3O4S/c1-7(12(18)19)14-9(16)2-4-15-6-13-10-8(11(15)17)3-5-20-10/h3,5-7H,2,4H2,1H3,(H,14,16)(H,18,19). The van der Waals surface area contributed by atoms with Crippen molar-refractivity contribution in [3.05, 3.63) is 28.1 Å². The van der Waals surface area contributed by atoms with Gasteiger partial charge in [-0.05, 0) is 18.4 Å². The highest BCUT2D eigenvalue weighted by molar-refractivity contribution is 7.16. The van der Waals surface area contributed by atoms with E-state index in [0.29, 0.717) is 10.2 Å². The SMILES string of the molecule is CC(NC(=O)CCn1cnc2sccc2c1=O)C(=O)O. The first-order valence-corrected chi connectivity index (χ1v) is 6.82. The van der Waals surface area contributed by atoms with Crippen LogP contribution in [0, 0.1) is 0 Å². The Labute approximate surface area is 117 Å². The maximum atomic E-state index is 12.0. The minimum Gasteiger partial charge on any atom is -0.480 e. The van der Waals surface area contributed by atoms with Crippen molar-refractivity contribution in [1.82, 2.24) is 14.9 Å². The molecule has 0 aliphatic carbocycles. The van der Waals surface area contributed by atoms with Gasteiger partial charge in [-0.3, -0.25) is 19.0 Å². The summed E-state index contributed by atoms with van der Waals surface area (Å²) in [6, 6.07) is 0.745. The molecule has 0 fully saturated rings. The fourth-order valence-corrected chi connectivity index (χ4v) is 2.37. The number of carbonyl (C=O) groups is 2. The number of nitrogens with one attached hydrogen (secondary N) is 1. The second kappa shape index (κ2) is 5.83. The lowest BCUT2D eigenvalue weighted by Crippen LogP contribution is -2.39. The molecule has 7 nitrogen and oxygen atoms in total. The fraction of sp³-hybridized carbons (Fsp3) is 0.333. The number of nitrogens with zero attached hydrogens (tertiary/aromatic N) is 2. The summed E-state index contributed by atoms with van der Waals surface area (Å²) in [5, 5.41) is 13.3. The van der Waals surface area contributed by atoms with Gasteiger partial charge in [-0.15, -0.1) is 11.3 Å². The molecule has 2 N–H and O–H groups in total. The third-order valence-corrected chi connectivity index (χ3v) is 3.60. The molecule has 0 saturated carbocycles. The van der Waals surface area contributed by atoms with Crippen LogP contribution in [0.3, 0.4) is 0 Å². The molecule has 2 aromatic rings. The third kappa shape index (κ3) is 3.02. The zero-order valence-corrected chi connectivity index (χ0v) is 11.5. The van der Waals surface area contributed by atoms with Crippen molar-refractivity contribution in [2.45, 2.75) is 25.9 Å². The van der Waals surface area contributed by atoms with E-state index in [1.807, 2.05) is 0 Å². The van der Waals surface area contributed by atoms with Gasteiger partial charge in [0.1, 0.15) is 10.9 Å². The minimum absolute atomic E-state index is 0.0227. The van der Waals surface area contributed by atoms with Gasteiger partial charge in [-0.25, -0.2) is 4.98 Å². The van der Waals surface area contributed by atoms with E-state index in [0.717, 1.165) is 0 Å². The molecule has 2 aromatic heterocycles. The molecule has 2 rings (SSSR count). The number of fused-ring (bicyclic) bond motifs is 1. The molecule has 0 aromatic carbocycles. The lowest BCUT2D eigenvalue weighted by molar-refractivity contribution is -0.141. The van der Waals surface area contributed by atoms with Crippen molar-refractivity contribution in [2.75, 3.05) is 0 Å². The van der Waals surface area contributed by atoms with Gasteiger partial charge in [0.15, 0.2) is 0 Å². The molecule has 0 bridgehead atoms. The number of carboxylic acids is 1. The predicted molar refractivity (Wildman–Crippen MR) is 73.7 cm³/mol. The number of aromatic nitrogens is 2. The van der Waals surface area contributed by atoms with Gasteiger partial charge in [0, 0.05) is 13.0 Å². The number of rotatable bonds is 5. The van der Waals surface area contributed by atoms with E-state index in [4.69, 9.17) is 5.11 Å². The summed E-state index contributed by atoms with van der Waals surface area (Å²) in [4.78, 5) is 39.0. The normalized spacial score (nSPS) is 12.2. The van der Waals surface area contributed by atoms with Gasteiger partial charge in [0.05, 0.1) is 11.7 Å². The summed E-state index contributed by atoms with van der Waals surface area (Å²) in [5.41, 5.74) is -0.199. The molecule has 0 radical (unpaired) electrons. The number of aryl methyl sites for hydroxylation is 1. The molecule has 20 heavy (non-hydrogen) atoms. The van der Waals surface area contributed by atoms with Crippen LogP contribution in [0.25, 0.3) is 10.2 Å². The number of carbonyl (C=O) groups excluding carboxylic acids is 1. The Hall–Kier alpha value is -2.22. The van der Waals surface area contributed by atoms with Gasteiger partial charge in [-0.1, -0.05) is 0 Å². The van der Waals surface area contributed by atoms with Crippen molar-refractivity contribution < 1.29 is 14.7 Å². The highest BCUT2D eigenvalue weighted by atomic mass is 32.1. The quantitative estimate of drug-likeness (QED) is 0.833. The largest absolute Gasteiger partial charge is 0.480 e. The molecule has 0 aliphatic heterocycles. The van der Waals surface area contributed by atoms with Crippen molar-refractivity contribution in [3.8, 4) is 0 Å². The topological polar surface area (TPSA) is 101 Å². The summed E-state index contributed by atoms with van der Waals surface area (Å²) >= 11 is 1.38. The zero-order chi connectivity index (χ0) is 14.7. The molecule has 2 heterocycles. The Morgan fingerprint density at radius 2 is 2.30 bits per heavy atom. The summed E-state index contributed by atoms with van der Waals surface area (Å²) in [5.74, 6) is -1.52. The van der Waals surface area contributed by atoms with E-state index in [1.165, 1.54) is 29.2 Å². The molecular weight excluding hydrogens is 282 g/mol. The van der Waals surface area contributed by atoms with E-state index in [2.05, 4.69) is 10.3 Å². The first-order valence-electron chi connectivity index (χ1n) is 5.94. The highest BCUT2D eigenvalue weighted by Crippen LogP contribution is 2.13. The molecule has 106 valence electrons. The van der Waals surface area contributed by atoms with E-state index in [-0.39, 0.29) is 18.5 Å². The molecule has 0 spiro atoms. The molecule has 0 aliphatic rings. The highest BCUT2D eigenvalue weighted by Gasteiger charge is 2.14. The molecule has 1 amide bonds. The number of carboxylic acid groups (broad SMARTS) is 1. The van der Waals surface area contributed by atoms with E-state index >= 15 is 0 Å². The number of hydrogen-bond donors (Lipinski definition) is 2. The Morgan fingerprint density at radius 1 is 1.55 bits per heavy atom. The maximum absolute atomic E-state index is 12.0. The van der Waals surface area contributed by atoms with Gasteiger partial charge in [0.2, 0.25) is 5.91 Å². The van der Waals surface area contributed by atoms with Crippen molar-refractivity contribution in [2.24, 2.45) is 0 Å². The number of aliphatic carboxylic acids is 1. The van der Waals surface area contributed by atoms with E-state index < -0.39 is 17.9 Å². The first kappa shape index (κ1) is 14.2. The number of hydrogen-bond acceptors (Lipinski definition) is 5. The van der Waals surface area contributed by atoms with Gasteiger partial charge in [-0.2, -0.15) is 0 Å². The molecule has 0 saturated heterocycles. The first-order chi connectivity index (χ1) is 9.49. The Bertz CT molecular complexity index is 706. The average Bonchev–Trinajstić information content (AvgIpc) is 2.87. The van der Waals surface area contributed by atoms with Crippen molar-refractivity contribution in [3.63, 3.8) is 0 Å². The summed E-state index contributed by atoms with van der Waals surface area (Å²) in [6.07, 6.45) is 1.42. The third-order valence-electron chi connectivity index (χ3n) is 2.78. The molecular formula is C12H13N3O4S. The molecule has 1 atom stereocenters. The molecule has 8 heteroatoms. The van der Waals surface area contributed by atoms with Crippen LogP contribution in [0.15, 0.2) is 22.6 Å². The van der Waals surface area contributed by atoms with Gasteiger partial charge < -0.3 is 10.4 Å². The van der Waals surface area contributed by atoms with Crippen LogP contribution < -0.4 is 10.9 Å². The maximum Gasteiger partial charge on any atom is 0.325 e. The van der Waals surface area contributed by atoms with Gasteiger partial charge >= 0.3 is 5.97 Å². The lowest BCUT2D eigenvalue weighted by atomic mass is 10.3. The van der Waals surface area contributed by atoms with Crippen LogP contribution in [-0.4, -0.2) is 32.6 Å². The van der Waals surface area contributed by atoms with E-state index in [9.17, 15) is 14.4 Å². The Morgan fingerprint density at radius 3 is 3.00 bits per heavy atom. The summed E-state index contributed by atoms with van der Waals surface area (Å²) < 4.78 is 1.35. The lowest BCUT2D eigenvalue weighted by Gasteiger charge is -2.09. The summed E-state index contributed by atoms with van der Waals surface area (Å²) in [7, 11) is 0. The number of amides is 1. The second-order valence-corrected chi connectivity index (χ2v) is 5.15. The second-order valence-electron chi connectivity index (χ2n) is 4.26. The smallest absolute Gasteiger partial charge is 0.325 e. The molecule has 1 unspecified atom stereocenters. The fourth-order valence-electron chi connectivity index (χ4n) is 1.65. The Kier molecular flexibility index (Phi) is 4.14.